The second-order valence-electron chi connectivity index (χ2n) is 8.70. The fourth-order valence-corrected chi connectivity index (χ4v) is 4.99. The van der Waals surface area contributed by atoms with E-state index < -0.39 is 12.0 Å². The minimum Gasteiger partial charge on any atom is -0.457 e. The number of esters is 1. The van der Waals surface area contributed by atoms with Gasteiger partial charge < -0.3 is 19.9 Å². The van der Waals surface area contributed by atoms with Gasteiger partial charge in [0.25, 0.3) is 0 Å². The molecular formula is C27H30N4O3S. The van der Waals surface area contributed by atoms with E-state index in [4.69, 9.17) is 9.73 Å². The van der Waals surface area contributed by atoms with Crippen LogP contribution in [0.4, 0.5) is 0 Å². The molecule has 0 saturated heterocycles. The van der Waals surface area contributed by atoms with Crippen molar-refractivity contribution < 1.29 is 14.3 Å². The zero-order valence-corrected chi connectivity index (χ0v) is 21.0. The van der Waals surface area contributed by atoms with E-state index in [1.165, 1.54) is 11.8 Å². The molecule has 0 aromatic heterocycles. The van der Waals surface area contributed by atoms with Gasteiger partial charge in [-0.05, 0) is 37.6 Å². The van der Waals surface area contributed by atoms with Crippen molar-refractivity contribution in [3.8, 4) is 0 Å². The summed E-state index contributed by atoms with van der Waals surface area (Å²) in [5.74, 6) is -0.471. The first-order valence-corrected chi connectivity index (χ1v) is 12.4. The zero-order chi connectivity index (χ0) is 24.8. The van der Waals surface area contributed by atoms with Gasteiger partial charge in [0, 0.05) is 18.8 Å². The lowest BCUT2D eigenvalue weighted by Gasteiger charge is -2.36. The first-order valence-electron chi connectivity index (χ1n) is 11.6. The van der Waals surface area contributed by atoms with Crippen LogP contribution >= 0.6 is 11.8 Å². The number of thioether (sulfide) groups is 1. The molecular weight excluding hydrogens is 460 g/mol. The summed E-state index contributed by atoms with van der Waals surface area (Å²) >= 11 is 1.47. The monoisotopic (exact) mass is 490 g/mol. The summed E-state index contributed by atoms with van der Waals surface area (Å²) in [4.78, 5) is 34.8. The number of hydrogen-bond donors (Lipinski definition) is 1. The Morgan fingerprint density at radius 1 is 1.09 bits per heavy atom. The molecule has 2 aliphatic rings. The highest BCUT2D eigenvalue weighted by Gasteiger charge is 2.41. The average Bonchev–Trinajstić information content (AvgIpc) is 3.24. The highest BCUT2D eigenvalue weighted by atomic mass is 32.2. The van der Waals surface area contributed by atoms with Gasteiger partial charge in [-0.25, -0.2) is 9.79 Å². The van der Waals surface area contributed by atoms with Crippen LogP contribution in [0.2, 0.25) is 0 Å². The van der Waals surface area contributed by atoms with E-state index in [1.807, 2.05) is 96.9 Å². The van der Waals surface area contributed by atoms with Crippen molar-refractivity contribution in [1.29, 1.82) is 0 Å². The summed E-state index contributed by atoms with van der Waals surface area (Å²) in [6, 6.07) is 19.0. The molecule has 35 heavy (non-hydrogen) atoms. The summed E-state index contributed by atoms with van der Waals surface area (Å²) in [5, 5.41) is 5.68. The fourth-order valence-electron chi connectivity index (χ4n) is 4.03. The Hall–Kier alpha value is -3.36. The molecule has 2 heterocycles. The Bertz CT molecular complexity index is 1160. The van der Waals surface area contributed by atoms with Crippen LogP contribution in [-0.4, -0.2) is 54.0 Å². The third-order valence-corrected chi connectivity index (χ3v) is 6.66. The summed E-state index contributed by atoms with van der Waals surface area (Å²) < 4.78 is 5.73. The van der Waals surface area contributed by atoms with Crippen molar-refractivity contribution >= 4 is 28.8 Å². The number of likely N-dealkylation sites (N-methyl/N-ethyl adjacent to an activating group) is 1. The lowest BCUT2D eigenvalue weighted by molar-refractivity contribution is -0.141. The summed E-state index contributed by atoms with van der Waals surface area (Å²) in [5.41, 5.74) is 3.78. The van der Waals surface area contributed by atoms with E-state index in [1.54, 1.807) is 0 Å². The van der Waals surface area contributed by atoms with Crippen molar-refractivity contribution in [3.05, 3.63) is 94.2 Å². The van der Waals surface area contributed by atoms with Crippen LogP contribution < -0.4 is 5.32 Å². The normalized spacial score (nSPS) is 17.1. The van der Waals surface area contributed by atoms with Gasteiger partial charge in [-0.1, -0.05) is 72.4 Å². The quantitative estimate of drug-likeness (QED) is 0.534. The Balaban J connectivity index is 1.58. The molecule has 2 aliphatic heterocycles. The molecule has 1 N–H and O–H groups in total. The Kier molecular flexibility index (Phi) is 8.05. The number of nitrogens with one attached hydrogen (secondary N) is 1. The van der Waals surface area contributed by atoms with E-state index >= 15 is 0 Å². The number of allylic oxidation sites excluding steroid dienone is 1. The van der Waals surface area contributed by atoms with E-state index in [-0.39, 0.29) is 18.9 Å². The number of fused-ring (bicyclic) bond motifs is 1. The number of amides is 1. The topological polar surface area (TPSA) is 74.2 Å². The standard InChI is InChI=1S/C27H30N4O3S/c1-19-24(26(33)34-17-20-10-6-4-7-11-20)25(21-12-8-5-9-13-21)31-22(18-35-27(31)29-19)16-23(32)28-14-15-30(2)3/h4-13,18,25H,14-17H2,1-3H3,(H,28,32). The number of carbonyl (C=O) groups excluding carboxylic acids is 2. The van der Waals surface area contributed by atoms with E-state index in [0.717, 1.165) is 28.5 Å². The van der Waals surface area contributed by atoms with Crippen LogP contribution in [0, 0.1) is 0 Å². The highest BCUT2D eigenvalue weighted by molar-refractivity contribution is 8.16. The van der Waals surface area contributed by atoms with E-state index in [0.29, 0.717) is 17.8 Å². The molecule has 0 bridgehead atoms. The Morgan fingerprint density at radius 3 is 2.46 bits per heavy atom. The number of hydrogen-bond acceptors (Lipinski definition) is 7. The molecule has 1 unspecified atom stereocenters. The van der Waals surface area contributed by atoms with E-state index in [2.05, 4.69) is 5.32 Å². The average molecular weight is 491 g/mol. The van der Waals surface area contributed by atoms with Gasteiger partial charge in [0.1, 0.15) is 6.61 Å². The Morgan fingerprint density at radius 2 is 1.77 bits per heavy atom. The minimum absolute atomic E-state index is 0.0637. The van der Waals surface area contributed by atoms with Crippen LogP contribution in [0.5, 0.6) is 0 Å². The maximum absolute atomic E-state index is 13.4. The SMILES string of the molecule is CC1=C(C(=O)OCc2ccccc2)C(c2ccccc2)N2C(CC(=O)NCCN(C)C)=CSC2=N1. The second-order valence-corrected chi connectivity index (χ2v) is 9.53. The molecule has 2 aromatic carbocycles. The van der Waals surface area contributed by atoms with Gasteiger partial charge in [0.15, 0.2) is 5.17 Å². The predicted octanol–water partition coefficient (Wildman–Crippen LogP) is 4.07. The number of carbonyl (C=O) groups is 2. The number of nitrogens with zero attached hydrogens (tertiary/aromatic N) is 3. The number of aliphatic imine (C=N–C) groups is 1. The molecule has 0 spiro atoms. The largest absolute Gasteiger partial charge is 0.457 e. The molecule has 1 amide bonds. The van der Waals surface area contributed by atoms with Crippen LogP contribution in [-0.2, 0) is 20.9 Å². The second kappa shape index (κ2) is 11.4. The molecule has 182 valence electrons. The van der Waals surface area contributed by atoms with Gasteiger partial charge in [-0.2, -0.15) is 0 Å². The van der Waals surface area contributed by atoms with Crippen molar-refractivity contribution in [3.63, 3.8) is 0 Å². The van der Waals surface area contributed by atoms with Crippen LogP contribution in [0.1, 0.15) is 30.5 Å². The predicted molar refractivity (Wildman–Crippen MR) is 139 cm³/mol. The number of benzene rings is 2. The molecule has 8 heteroatoms. The molecule has 0 radical (unpaired) electrons. The Labute approximate surface area is 210 Å². The van der Waals surface area contributed by atoms with Crippen molar-refractivity contribution in [2.75, 3.05) is 27.2 Å². The lowest BCUT2D eigenvalue weighted by Crippen LogP contribution is -2.38. The third kappa shape index (κ3) is 6.01. The van der Waals surface area contributed by atoms with Gasteiger partial charge in [-0.15, -0.1) is 0 Å². The van der Waals surface area contributed by atoms with Gasteiger partial charge in [0.05, 0.1) is 23.7 Å². The summed E-state index contributed by atoms with van der Waals surface area (Å²) in [6.45, 7) is 3.36. The molecule has 4 rings (SSSR count). The highest BCUT2D eigenvalue weighted by Crippen LogP contribution is 2.44. The lowest BCUT2D eigenvalue weighted by atomic mass is 9.94. The minimum atomic E-state index is -0.428. The number of ether oxygens (including phenoxy) is 1. The van der Waals surface area contributed by atoms with Gasteiger partial charge in [-0.3, -0.25) is 4.79 Å². The van der Waals surface area contributed by atoms with Crippen molar-refractivity contribution in [2.24, 2.45) is 4.99 Å². The number of rotatable bonds is 9. The maximum Gasteiger partial charge on any atom is 0.338 e. The fraction of sp³-hybridized carbons (Fsp3) is 0.296. The van der Waals surface area contributed by atoms with Gasteiger partial charge in [0.2, 0.25) is 5.91 Å². The van der Waals surface area contributed by atoms with Crippen LogP contribution in [0.3, 0.4) is 0 Å². The smallest absolute Gasteiger partial charge is 0.338 e. The van der Waals surface area contributed by atoms with Crippen molar-refractivity contribution in [2.45, 2.75) is 26.0 Å². The van der Waals surface area contributed by atoms with Crippen LogP contribution in [0.25, 0.3) is 0 Å². The molecule has 0 saturated carbocycles. The van der Waals surface area contributed by atoms with E-state index in [9.17, 15) is 9.59 Å². The first kappa shape index (κ1) is 24.8. The van der Waals surface area contributed by atoms with Crippen LogP contribution in [0.15, 0.2) is 88.0 Å². The number of amidine groups is 1. The molecule has 2 aromatic rings. The molecule has 0 fully saturated rings. The molecule has 1 atom stereocenters. The summed E-state index contributed by atoms with van der Waals surface area (Å²) in [6.07, 6.45) is 0.203. The van der Waals surface area contributed by atoms with Crippen molar-refractivity contribution in [1.82, 2.24) is 15.1 Å². The third-order valence-electron chi connectivity index (χ3n) is 5.77. The summed E-state index contributed by atoms with van der Waals surface area (Å²) in [7, 11) is 3.94. The zero-order valence-electron chi connectivity index (χ0n) is 20.2. The molecule has 7 nitrogen and oxygen atoms in total. The molecule has 0 aliphatic carbocycles. The maximum atomic E-state index is 13.4. The van der Waals surface area contributed by atoms with Gasteiger partial charge >= 0.3 is 5.97 Å². The first-order chi connectivity index (χ1) is 16.9.